The minimum Gasteiger partial charge on any atom is -0.507 e. The average molecular weight is 335 g/mol. The van der Waals surface area contributed by atoms with Crippen LogP contribution in [0.1, 0.15) is 47.3 Å². The van der Waals surface area contributed by atoms with Gasteiger partial charge in [0, 0.05) is 5.56 Å². The van der Waals surface area contributed by atoms with E-state index in [1.54, 1.807) is 24.3 Å². The summed E-state index contributed by atoms with van der Waals surface area (Å²) < 4.78 is 5.76. The summed E-state index contributed by atoms with van der Waals surface area (Å²) in [6, 6.07) is 12.7. The Morgan fingerprint density at radius 1 is 1.24 bits per heavy atom. The molecule has 0 saturated heterocycles. The standard InChI is InChI=1S/C21H21NO3/c1-3-5-19-20(12-11-18(15(2)23)21(19)24)25-13-4-6-16-7-9-17(14-22)10-8-16/h4,6-12,24H,3,5,13H2,1-2H3. The minimum absolute atomic E-state index is 0.0166. The van der Waals surface area contributed by atoms with E-state index in [9.17, 15) is 9.90 Å². The third kappa shape index (κ3) is 4.71. The van der Waals surface area contributed by atoms with Crippen LogP contribution < -0.4 is 4.74 Å². The number of carbonyl (C=O) groups excluding carboxylic acids is 1. The zero-order chi connectivity index (χ0) is 18.2. The second-order valence-electron chi connectivity index (χ2n) is 5.69. The molecule has 0 aliphatic rings. The van der Waals surface area contributed by atoms with Gasteiger partial charge in [-0.1, -0.05) is 31.6 Å². The van der Waals surface area contributed by atoms with Crippen molar-refractivity contribution in [3.05, 3.63) is 64.7 Å². The fraction of sp³-hybridized carbons (Fsp3) is 0.238. The van der Waals surface area contributed by atoms with E-state index < -0.39 is 0 Å². The molecule has 0 aliphatic heterocycles. The van der Waals surface area contributed by atoms with E-state index >= 15 is 0 Å². The number of hydrogen-bond acceptors (Lipinski definition) is 4. The summed E-state index contributed by atoms with van der Waals surface area (Å²) in [5, 5.41) is 19.1. The molecule has 0 radical (unpaired) electrons. The lowest BCUT2D eigenvalue weighted by atomic mass is 10.0. The highest BCUT2D eigenvalue weighted by Gasteiger charge is 2.15. The van der Waals surface area contributed by atoms with Crippen LogP contribution in [0.3, 0.4) is 0 Å². The number of rotatable bonds is 7. The van der Waals surface area contributed by atoms with Gasteiger partial charge in [0.15, 0.2) is 5.78 Å². The first-order valence-corrected chi connectivity index (χ1v) is 8.22. The first-order chi connectivity index (χ1) is 12.1. The van der Waals surface area contributed by atoms with Crippen LogP contribution in [0, 0.1) is 11.3 Å². The van der Waals surface area contributed by atoms with Gasteiger partial charge in [-0.15, -0.1) is 0 Å². The van der Waals surface area contributed by atoms with Gasteiger partial charge in [-0.25, -0.2) is 0 Å². The number of Topliss-reactive ketones (excluding diaryl/α,β-unsaturated/α-hetero) is 1. The van der Waals surface area contributed by atoms with Gasteiger partial charge < -0.3 is 9.84 Å². The zero-order valence-electron chi connectivity index (χ0n) is 14.5. The maximum Gasteiger partial charge on any atom is 0.163 e. The van der Waals surface area contributed by atoms with Gasteiger partial charge in [-0.3, -0.25) is 4.79 Å². The fourth-order valence-electron chi connectivity index (χ4n) is 2.52. The van der Waals surface area contributed by atoms with Gasteiger partial charge in [-0.05, 0) is 49.2 Å². The van der Waals surface area contributed by atoms with E-state index in [4.69, 9.17) is 10.00 Å². The van der Waals surface area contributed by atoms with E-state index in [1.165, 1.54) is 6.92 Å². The number of phenols is 1. The topological polar surface area (TPSA) is 70.3 Å². The van der Waals surface area contributed by atoms with E-state index in [2.05, 4.69) is 6.07 Å². The third-order valence-corrected chi connectivity index (χ3v) is 3.80. The molecule has 0 spiro atoms. The van der Waals surface area contributed by atoms with Crippen LogP contribution in [-0.4, -0.2) is 17.5 Å². The molecule has 0 amide bonds. The number of hydrogen-bond donors (Lipinski definition) is 1. The Kier molecular flexibility index (Phi) is 6.36. The van der Waals surface area contributed by atoms with Crippen LogP contribution >= 0.6 is 0 Å². The minimum atomic E-state index is -0.165. The summed E-state index contributed by atoms with van der Waals surface area (Å²) in [5.74, 6) is 0.443. The number of ether oxygens (including phenoxy) is 1. The van der Waals surface area contributed by atoms with Crippen LogP contribution in [0.2, 0.25) is 0 Å². The van der Waals surface area contributed by atoms with Crippen molar-refractivity contribution in [2.24, 2.45) is 0 Å². The van der Waals surface area contributed by atoms with Crippen molar-refractivity contribution in [1.29, 1.82) is 5.26 Å². The Balaban J connectivity index is 2.09. The highest BCUT2D eigenvalue weighted by atomic mass is 16.5. The van der Waals surface area contributed by atoms with E-state index in [-0.39, 0.29) is 11.5 Å². The SMILES string of the molecule is CCCc1c(OCC=Cc2ccc(C#N)cc2)ccc(C(C)=O)c1O. The molecule has 0 unspecified atom stereocenters. The predicted molar refractivity (Wildman–Crippen MR) is 97.8 cm³/mol. The Morgan fingerprint density at radius 2 is 1.96 bits per heavy atom. The molecule has 2 aromatic carbocycles. The molecule has 128 valence electrons. The summed E-state index contributed by atoms with van der Waals surface area (Å²) >= 11 is 0. The van der Waals surface area contributed by atoms with Gasteiger partial charge in [0.25, 0.3) is 0 Å². The first kappa shape index (κ1) is 18.3. The molecule has 25 heavy (non-hydrogen) atoms. The third-order valence-electron chi connectivity index (χ3n) is 3.80. The van der Waals surface area contributed by atoms with Crippen LogP contribution in [0.4, 0.5) is 0 Å². The highest BCUT2D eigenvalue weighted by molar-refractivity contribution is 5.97. The Morgan fingerprint density at radius 3 is 2.56 bits per heavy atom. The quantitative estimate of drug-likeness (QED) is 0.756. The average Bonchev–Trinajstić information content (AvgIpc) is 2.61. The van der Waals surface area contributed by atoms with Crippen LogP contribution in [0.5, 0.6) is 11.5 Å². The van der Waals surface area contributed by atoms with Gasteiger partial charge in [0.05, 0.1) is 17.2 Å². The number of nitrogens with zero attached hydrogens (tertiary/aromatic N) is 1. The number of aromatic hydroxyl groups is 1. The maximum atomic E-state index is 11.6. The lowest BCUT2D eigenvalue weighted by Crippen LogP contribution is -2.02. The normalized spacial score (nSPS) is 10.6. The molecule has 0 bridgehead atoms. The van der Waals surface area contributed by atoms with Crippen molar-refractivity contribution < 1.29 is 14.6 Å². The monoisotopic (exact) mass is 335 g/mol. The van der Waals surface area contributed by atoms with Gasteiger partial charge in [0.1, 0.15) is 18.1 Å². The summed E-state index contributed by atoms with van der Waals surface area (Å²) in [5.41, 5.74) is 2.59. The van der Waals surface area contributed by atoms with Gasteiger partial charge in [-0.2, -0.15) is 5.26 Å². The predicted octanol–water partition coefficient (Wildman–Crippen LogP) is 4.51. The lowest BCUT2D eigenvalue weighted by molar-refractivity contribution is 0.101. The highest BCUT2D eigenvalue weighted by Crippen LogP contribution is 2.33. The van der Waals surface area contributed by atoms with Crippen molar-refractivity contribution in [3.63, 3.8) is 0 Å². The van der Waals surface area contributed by atoms with E-state index in [0.29, 0.717) is 35.5 Å². The molecule has 2 aromatic rings. The molecular weight excluding hydrogens is 314 g/mol. The summed E-state index contributed by atoms with van der Waals surface area (Å²) in [6.07, 6.45) is 5.26. The first-order valence-electron chi connectivity index (χ1n) is 8.22. The number of carbonyl (C=O) groups is 1. The number of nitriles is 1. The van der Waals surface area contributed by atoms with Crippen molar-refractivity contribution in [1.82, 2.24) is 0 Å². The Bertz CT molecular complexity index is 814. The number of ketones is 1. The molecule has 4 nitrogen and oxygen atoms in total. The molecule has 4 heteroatoms. The zero-order valence-corrected chi connectivity index (χ0v) is 14.5. The lowest BCUT2D eigenvalue weighted by Gasteiger charge is -2.13. The second-order valence-corrected chi connectivity index (χ2v) is 5.69. The van der Waals surface area contributed by atoms with Crippen LogP contribution in [0.25, 0.3) is 6.08 Å². The molecule has 0 atom stereocenters. The summed E-state index contributed by atoms with van der Waals surface area (Å²) in [6.45, 7) is 3.79. The molecular formula is C21H21NO3. The van der Waals surface area contributed by atoms with Crippen molar-refractivity contribution in [2.45, 2.75) is 26.7 Å². The van der Waals surface area contributed by atoms with E-state index in [0.717, 1.165) is 12.0 Å². The van der Waals surface area contributed by atoms with Crippen LogP contribution in [0.15, 0.2) is 42.5 Å². The van der Waals surface area contributed by atoms with Gasteiger partial charge in [0.2, 0.25) is 0 Å². The second kappa shape index (κ2) is 8.70. The Labute approximate surface area is 148 Å². The molecule has 0 aliphatic carbocycles. The number of phenolic OH excluding ortho intramolecular Hbond substituents is 1. The van der Waals surface area contributed by atoms with Crippen molar-refractivity contribution >= 4 is 11.9 Å². The number of benzene rings is 2. The molecule has 2 rings (SSSR count). The summed E-state index contributed by atoms with van der Waals surface area (Å²) in [4.78, 5) is 11.6. The molecule has 1 N–H and O–H groups in total. The van der Waals surface area contributed by atoms with Crippen LogP contribution in [-0.2, 0) is 6.42 Å². The molecule has 0 saturated carbocycles. The maximum absolute atomic E-state index is 11.6. The smallest absolute Gasteiger partial charge is 0.163 e. The molecule has 0 aromatic heterocycles. The molecule has 0 fully saturated rings. The molecule has 0 heterocycles. The fourth-order valence-corrected chi connectivity index (χ4v) is 2.52. The van der Waals surface area contributed by atoms with Crippen molar-refractivity contribution in [2.75, 3.05) is 6.61 Å². The largest absolute Gasteiger partial charge is 0.507 e. The van der Waals surface area contributed by atoms with Crippen molar-refractivity contribution in [3.8, 4) is 17.6 Å². The van der Waals surface area contributed by atoms with E-state index in [1.807, 2.05) is 31.2 Å². The summed E-state index contributed by atoms with van der Waals surface area (Å²) in [7, 11) is 0. The van der Waals surface area contributed by atoms with Gasteiger partial charge >= 0.3 is 0 Å². The Hall–Kier alpha value is -3.06.